The van der Waals surface area contributed by atoms with Gasteiger partial charge >= 0.3 is 0 Å². The Bertz CT molecular complexity index is 231. The molecule has 0 aliphatic carbocycles. The highest BCUT2D eigenvalue weighted by molar-refractivity contribution is 8.14. The second kappa shape index (κ2) is 5.21. The molecule has 2 amide bonds. The summed E-state index contributed by atoms with van der Waals surface area (Å²) in [5, 5.41) is 13.9. The van der Waals surface area contributed by atoms with Crippen molar-refractivity contribution in [2.45, 2.75) is 25.4 Å². The van der Waals surface area contributed by atoms with Crippen molar-refractivity contribution in [1.82, 2.24) is 10.6 Å². The maximum atomic E-state index is 11.5. The molecule has 1 heterocycles. The molecule has 5 nitrogen and oxygen atoms in total. The molecule has 1 aliphatic rings. The smallest absolute Gasteiger partial charge is 0.279 e. The molecule has 1 aliphatic heterocycles. The van der Waals surface area contributed by atoms with E-state index in [0.717, 1.165) is 11.8 Å². The molecule has 0 saturated carbocycles. The lowest BCUT2D eigenvalue weighted by Crippen LogP contribution is -2.47. The van der Waals surface area contributed by atoms with Gasteiger partial charge in [-0.05, 0) is 6.42 Å². The first-order chi connectivity index (χ1) is 6.67. The molecule has 14 heavy (non-hydrogen) atoms. The molecule has 1 unspecified atom stereocenters. The summed E-state index contributed by atoms with van der Waals surface area (Å²) in [6.07, 6.45) is 0.677. The molecule has 0 aromatic heterocycles. The molecule has 1 fully saturated rings. The molecular formula is C8H14N2O3S. The first-order valence-corrected chi connectivity index (χ1v) is 5.50. The average Bonchev–Trinajstić information content (AvgIpc) is 2.61. The Hall–Kier alpha value is -0.750. The zero-order valence-corrected chi connectivity index (χ0v) is 8.76. The van der Waals surface area contributed by atoms with E-state index in [2.05, 4.69) is 10.6 Å². The molecule has 0 bridgehead atoms. The van der Waals surface area contributed by atoms with Crippen molar-refractivity contribution < 1.29 is 14.7 Å². The molecule has 0 aromatic carbocycles. The Morgan fingerprint density at radius 3 is 3.00 bits per heavy atom. The van der Waals surface area contributed by atoms with Gasteiger partial charge in [-0.1, -0.05) is 18.7 Å². The van der Waals surface area contributed by atoms with Crippen LogP contribution in [0.4, 0.5) is 4.79 Å². The quantitative estimate of drug-likeness (QED) is 0.605. The van der Waals surface area contributed by atoms with Gasteiger partial charge in [-0.3, -0.25) is 9.59 Å². The van der Waals surface area contributed by atoms with E-state index in [1.807, 2.05) is 6.92 Å². The minimum Gasteiger partial charge on any atom is -0.394 e. The number of amides is 2. The molecule has 3 N–H and O–H groups in total. The van der Waals surface area contributed by atoms with Crippen molar-refractivity contribution >= 4 is 22.9 Å². The van der Waals surface area contributed by atoms with Crippen LogP contribution in [-0.2, 0) is 4.79 Å². The summed E-state index contributed by atoms with van der Waals surface area (Å²) in [5.74, 6) is 0.247. The first-order valence-electron chi connectivity index (χ1n) is 4.52. The van der Waals surface area contributed by atoms with Gasteiger partial charge in [-0.15, -0.1) is 0 Å². The van der Waals surface area contributed by atoms with E-state index in [1.165, 1.54) is 0 Å². The standard InChI is InChI=1S/C8H14N2O3S/c1-2-5(3-11)9-7(12)6-4-14-8(13)10-6/h5-6,11H,2-4H2,1H3,(H,9,12)(H,10,13)/t5-,6?/m0/s1. The van der Waals surface area contributed by atoms with Crippen LogP contribution in [0.2, 0.25) is 0 Å². The fourth-order valence-corrected chi connectivity index (χ4v) is 1.88. The molecule has 80 valence electrons. The zero-order valence-electron chi connectivity index (χ0n) is 7.95. The van der Waals surface area contributed by atoms with Gasteiger partial charge in [-0.25, -0.2) is 0 Å². The van der Waals surface area contributed by atoms with Crippen LogP contribution in [-0.4, -0.2) is 40.7 Å². The van der Waals surface area contributed by atoms with Gasteiger partial charge in [0.2, 0.25) is 5.91 Å². The third-order valence-corrected chi connectivity index (χ3v) is 2.93. The van der Waals surface area contributed by atoms with E-state index in [4.69, 9.17) is 5.11 Å². The molecule has 0 aromatic rings. The number of hydrogen-bond acceptors (Lipinski definition) is 4. The minimum atomic E-state index is -0.451. The lowest BCUT2D eigenvalue weighted by molar-refractivity contribution is -0.123. The van der Waals surface area contributed by atoms with Gasteiger partial charge in [0.1, 0.15) is 6.04 Å². The summed E-state index contributed by atoms with van der Waals surface area (Å²) in [6, 6.07) is -0.668. The predicted molar refractivity (Wildman–Crippen MR) is 54.1 cm³/mol. The van der Waals surface area contributed by atoms with E-state index in [0.29, 0.717) is 12.2 Å². The Balaban J connectivity index is 2.38. The van der Waals surface area contributed by atoms with Crippen molar-refractivity contribution in [3.05, 3.63) is 0 Å². The molecule has 6 heteroatoms. The Morgan fingerprint density at radius 2 is 2.57 bits per heavy atom. The van der Waals surface area contributed by atoms with E-state index in [9.17, 15) is 9.59 Å². The summed E-state index contributed by atoms with van der Waals surface area (Å²) in [4.78, 5) is 22.3. The summed E-state index contributed by atoms with van der Waals surface area (Å²) in [6.45, 7) is 1.80. The summed E-state index contributed by atoms with van der Waals surface area (Å²) in [5.41, 5.74) is 0. The maximum Gasteiger partial charge on any atom is 0.279 e. The van der Waals surface area contributed by atoms with Crippen LogP contribution in [0, 0.1) is 0 Å². The van der Waals surface area contributed by atoms with Gasteiger partial charge in [-0.2, -0.15) is 0 Å². The SMILES string of the molecule is CC[C@@H](CO)NC(=O)C1CSC(=O)N1. The second-order valence-corrected chi connectivity index (χ2v) is 4.08. The van der Waals surface area contributed by atoms with E-state index >= 15 is 0 Å². The Morgan fingerprint density at radius 1 is 1.86 bits per heavy atom. The third kappa shape index (κ3) is 2.88. The second-order valence-electron chi connectivity index (χ2n) is 3.09. The van der Waals surface area contributed by atoms with Crippen molar-refractivity contribution in [2.24, 2.45) is 0 Å². The van der Waals surface area contributed by atoms with Crippen LogP contribution >= 0.6 is 11.8 Å². The topological polar surface area (TPSA) is 78.4 Å². The monoisotopic (exact) mass is 218 g/mol. The number of rotatable bonds is 4. The van der Waals surface area contributed by atoms with Crippen molar-refractivity contribution in [2.75, 3.05) is 12.4 Å². The first kappa shape index (κ1) is 11.3. The Kier molecular flexibility index (Phi) is 4.21. The highest BCUT2D eigenvalue weighted by Gasteiger charge is 2.28. The normalized spacial score (nSPS) is 23.0. The largest absolute Gasteiger partial charge is 0.394 e. The van der Waals surface area contributed by atoms with Crippen LogP contribution in [0.25, 0.3) is 0 Å². The van der Waals surface area contributed by atoms with E-state index in [-0.39, 0.29) is 23.8 Å². The number of aliphatic hydroxyl groups excluding tert-OH is 1. The van der Waals surface area contributed by atoms with Gasteiger partial charge in [0.15, 0.2) is 0 Å². The maximum absolute atomic E-state index is 11.5. The van der Waals surface area contributed by atoms with Gasteiger partial charge < -0.3 is 15.7 Å². The highest BCUT2D eigenvalue weighted by Crippen LogP contribution is 2.12. The lowest BCUT2D eigenvalue weighted by Gasteiger charge is -2.16. The molecule has 2 atom stereocenters. The molecule has 0 radical (unpaired) electrons. The number of carbonyl (C=O) groups excluding carboxylic acids is 2. The Labute approximate surface area is 86.6 Å². The van der Waals surface area contributed by atoms with Crippen molar-refractivity contribution in [3.63, 3.8) is 0 Å². The number of aliphatic hydroxyl groups is 1. The van der Waals surface area contributed by atoms with Crippen molar-refractivity contribution in [1.29, 1.82) is 0 Å². The van der Waals surface area contributed by atoms with Gasteiger partial charge in [0, 0.05) is 5.75 Å². The fourth-order valence-electron chi connectivity index (χ4n) is 1.10. The highest BCUT2D eigenvalue weighted by atomic mass is 32.2. The van der Waals surface area contributed by atoms with Crippen molar-refractivity contribution in [3.8, 4) is 0 Å². The number of nitrogens with one attached hydrogen (secondary N) is 2. The molecule has 1 rings (SSSR count). The van der Waals surface area contributed by atoms with Crippen LogP contribution in [0.1, 0.15) is 13.3 Å². The van der Waals surface area contributed by atoms with Crippen LogP contribution in [0.5, 0.6) is 0 Å². The minimum absolute atomic E-state index is 0.0734. The van der Waals surface area contributed by atoms with Gasteiger partial charge in [0.25, 0.3) is 5.24 Å². The summed E-state index contributed by atoms with van der Waals surface area (Å²) < 4.78 is 0. The average molecular weight is 218 g/mol. The predicted octanol–water partition coefficient (Wildman–Crippen LogP) is -0.302. The summed E-state index contributed by atoms with van der Waals surface area (Å²) in [7, 11) is 0. The lowest BCUT2D eigenvalue weighted by atomic mass is 10.2. The van der Waals surface area contributed by atoms with E-state index < -0.39 is 6.04 Å². The molecule has 1 saturated heterocycles. The van der Waals surface area contributed by atoms with E-state index in [1.54, 1.807) is 0 Å². The van der Waals surface area contributed by atoms with Crippen LogP contribution < -0.4 is 10.6 Å². The number of carbonyl (C=O) groups is 2. The summed E-state index contributed by atoms with van der Waals surface area (Å²) >= 11 is 1.10. The molecule has 0 spiro atoms. The zero-order chi connectivity index (χ0) is 10.6. The van der Waals surface area contributed by atoms with Crippen LogP contribution in [0.15, 0.2) is 0 Å². The fraction of sp³-hybridized carbons (Fsp3) is 0.750. The third-order valence-electron chi connectivity index (χ3n) is 2.05. The number of thioether (sulfide) groups is 1. The number of hydrogen-bond donors (Lipinski definition) is 3. The molecular weight excluding hydrogens is 204 g/mol. The van der Waals surface area contributed by atoms with Crippen LogP contribution in [0.3, 0.4) is 0 Å². The van der Waals surface area contributed by atoms with Gasteiger partial charge in [0.05, 0.1) is 12.6 Å².